The fraction of sp³-hybridized carbons (Fsp3) is 0.0526. The van der Waals surface area contributed by atoms with Crippen molar-refractivity contribution in [2.24, 2.45) is 0 Å². The van der Waals surface area contributed by atoms with Crippen molar-refractivity contribution in [2.45, 2.75) is 13.8 Å². The molecule has 2 aromatic heterocycles. The van der Waals surface area contributed by atoms with Crippen LogP contribution in [0.5, 0.6) is 0 Å². The molecule has 0 atom stereocenters. The van der Waals surface area contributed by atoms with E-state index in [1.165, 1.54) is 77.2 Å². The van der Waals surface area contributed by atoms with Gasteiger partial charge >= 0.3 is 0 Å². The van der Waals surface area contributed by atoms with Gasteiger partial charge in [0.1, 0.15) is 0 Å². The Labute approximate surface area is 233 Å². The summed E-state index contributed by atoms with van der Waals surface area (Å²) in [6.07, 6.45) is 0. The summed E-state index contributed by atoms with van der Waals surface area (Å²) in [5.74, 6) is 0. The van der Waals surface area contributed by atoms with Crippen LogP contribution in [0.15, 0.2) is 133 Å². The van der Waals surface area contributed by atoms with Gasteiger partial charge in [0, 0.05) is 32.9 Å². The van der Waals surface area contributed by atoms with Crippen LogP contribution >= 0.6 is 0 Å². The third-order valence-electron chi connectivity index (χ3n) is 8.22. The standard InChI is InChI=1S/C38H28N2/c1-25-8-7-9-30(22-25)40-36-13-6-4-11-32(36)34-24-28(17-21-38(34)40)27-15-18-29(19-16-27)39-35-12-5-3-10-31(35)33-23-26(2)14-20-37(33)39/h3-24H,1-2H3. The molecule has 0 aliphatic heterocycles. The van der Waals surface area contributed by atoms with Gasteiger partial charge < -0.3 is 9.13 Å². The summed E-state index contributed by atoms with van der Waals surface area (Å²) in [6, 6.07) is 48.8. The Morgan fingerprint density at radius 1 is 0.350 bits per heavy atom. The van der Waals surface area contributed by atoms with Crippen LogP contribution in [0.4, 0.5) is 0 Å². The Balaban J connectivity index is 1.27. The molecule has 0 aliphatic carbocycles. The molecule has 0 spiro atoms. The van der Waals surface area contributed by atoms with E-state index < -0.39 is 0 Å². The molecule has 190 valence electrons. The highest BCUT2D eigenvalue weighted by atomic mass is 15.0. The SMILES string of the molecule is Cc1cccc(-n2c3ccccc3c3cc(-c4ccc(-n5c6ccccc6c6cc(C)ccc65)cc4)ccc32)c1. The number of benzene rings is 6. The predicted octanol–water partition coefficient (Wildman–Crippen LogP) is 10.2. The first-order valence-electron chi connectivity index (χ1n) is 13.9. The molecule has 0 amide bonds. The lowest BCUT2D eigenvalue weighted by Gasteiger charge is -2.10. The first kappa shape index (κ1) is 22.9. The average molecular weight is 513 g/mol. The lowest BCUT2D eigenvalue weighted by Crippen LogP contribution is -1.94. The Morgan fingerprint density at radius 2 is 0.900 bits per heavy atom. The summed E-state index contributed by atoms with van der Waals surface area (Å²) in [6.45, 7) is 4.31. The Morgan fingerprint density at radius 3 is 1.60 bits per heavy atom. The van der Waals surface area contributed by atoms with Gasteiger partial charge in [0.15, 0.2) is 0 Å². The van der Waals surface area contributed by atoms with Crippen molar-refractivity contribution in [1.82, 2.24) is 9.13 Å². The summed E-state index contributed by atoms with van der Waals surface area (Å²) < 4.78 is 4.76. The zero-order valence-corrected chi connectivity index (χ0v) is 22.6. The van der Waals surface area contributed by atoms with E-state index in [0.29, 0.717) is 0 Å². The number of hydrogen-bond donors (Lipinski definition) is 0. The minimum Gasteiger partial charge on any atom is -0.309 e. The second kappa shape index (κ2) is 8.72. The molecule has 8 rings (SSSR count). The van der Waals surface area contributed by atoms with Crippen LogP contribution < -0.4 is 0 Å². The van der Waals surface area contributed by atoms with E-state index >= 15 is 0 Å². The van der Waals surface area contributed by atoms with Gasteiger partial charge in [-0.05, 0) is 91.2 Å². The van der Waals surface area contributed by atoms with Crippen LogP contribution in [0.1, 0.15) is 11.1 Å². The maximum absolute atomic E-state index is 2.38. The van der Waals surface area contributed by atoms with Crippen molar-refractivity contribution in [3.05, 3.63) is 145 Å². The van der Waals surface area contributed by atoms with E-state index in [4.69, 9.17) is 0 Å². The number of hydrogen-bond acceptors (Lipinski definition) is 0. The molecule has 0 radical (unpaired) electrons. The van der Waals surface area contributed by atoms with Gasteiger partial charge in [0.05, 0.1) is 22.1 Å². The van der Waals surface area contributed by atoms with Crippen LogP contribution in [0.2, 0.25) is 0 Å². The molecule has 2 heteroatoms. The zero-order valence-electron chi connectivity index (χ0n) is 22.6. The maximum Gasteiger partial charge on any atom is 0.0541 e. The first-order chi connectivity index (χ1) is 19.7. The van der Waals surface area contributed by atoms with Crippen molar-refractivity contribution < 1.29 is 0 Å². The third kappa shape index (κ3) is 3.43. The topological polar surface area (TPSA) is 9.86 Å². The van der Waals surface area contributed by atoms with Gasteiger partial charge in [-0.2, -0.15) is 0 Å². The van der Waals surface area contributed by atoms with Gasteiger partial charge in [0.2, 0.25) is 0 Å². The summed E-state index contributed by atoms with van der Waals surface area (Å²) in [5.41, 5.74) is 12.3. The minimum absolute atomic E-state index is 1.18. The molecule has 2 nitrogen and oxygen atoms in total. The fourth-order valence-corrected chi connectivity index (χ4v) is 6.37. The molecular weight excluding hydrogens is 484 g/mol. The molecule has 0 fully saturated rings. The predicted molar refractivity (Wildman–Crippen MR) is 170 cm³/mol. The van der Waals surface area contributed by atoms with Gasteiger partial charge in [-0.15, -0.1) is 0 Å². The van der Waals surface area contributed by atoms with E-state index in [0.717, 1.165) is 0 Å². The van der Waals surface area contributed by atoms with Crippen LogP contribution in [-0.2, 0) is 0 Å². The number of rotatable bonds is 3. The van der Waals surface area contributed by atoms with E-state index in [1.54, 1.807) is 0 Å². The van der Waals surface area contributed by atoms with Crippen LogP contribution in [0.3, 0.4) is 0 Å². The van der Waals surface area contributed by atoms with Gasteiger partial charge in [-0.3, -0.25) is 0 Å². The summed E-state index contributed by atoms with van der Waals surface area (Å²) >= 11 is 0. The lowest BCUT2D eigenvalue weighted by molar-refractivity contribution is 1.17. The lowest BCUT2D eigenvalue weighted by atomic mass is 10.0. The number of aromatic nitrogens is 2. The molecular formula is C38H28N2. The molecule has 0 aliphatic rings. The number of fused-ring (bicyclic) bond motifs is 6. The van der Waals surface area contributed by atoms with Crippen molar-refractivity contribution in [3.63, 3.8) is 0 Å². The largest absolute Gasteiger partial charge is 0.309 e. The van der Waals surface area contributed by atoms with Gasteiger partial charge in [-0.25, -0.2) is 0 Å². The third-order valence-corrected chi connectivity index (χ3v) is 8.22. The quantitative estimate of drug-likeness (QED) is 0.223. The van der Waals surface area contributed by atoms with E-state index in [9.17, 15) is 0 Å². The second-order valence-electron chi connectivity index (χ2n) is 10.8. The van der Waals surface area contributed by atoms with Crippen LogP contribution in [0, 0.1) is 13.8 Å². The summed E-state index contributed by atoms with van der Waals surface area (Å²) in [4.78, 5) is 0. The molecule has 40 heavy (non-hydrogen) atoms. The summed E-state index contributed by atoms with van der Waals surface area (Å²) in [7, 11) is 0. The highest BCUT2D eigenvalue weighted by Crippen LogP contribution is 2.36. The highest BCUT2D eigenvalue weighted by molar-refractivity contribution is 6.11. The number of nitrogens with zero attached hydrogens (tertiary/aromatic N) is 2. The van der Waals surface area contributed by atoms with Crippen molar-refractivity contribution >= 4 is 43.6 Å². The van der Waals surface area contributed by atoms with E-state index in [1.807, 2.05) is 0 Å². The fourth-order valence-electron chi connectivity index (χ4n) is 6.37. The Bertz CT molecular complexity index is 2230. The Hall–Kier alpha value is -5.08. The monoisotopic (exact) mass is 512 g/mol. The molecule has 0 N–H and O–H groups in total. The van der Waals surface area contributed by atoms with Crippen LogP contribution in [0.25, 0.3) is 66.1 Å². The normalized spacial score (nSPS) is 11.8. The van der Waals surface area contributed by atoms with Crippen molar-refractivity contribution in [2.75, 3.05) is 0 Å². The zero-order chi connectivity index (χ0) is 26.8. The van der Waals surface area contributed by atoms with Crippen LogP contribution in [-0.4, -0.2) is 9.13 Å². The second-order valence-corrected chi connectivity index (χ2v) is 10.8. The number of para-hydroxylation sites is 2. The molecule has 0 bridgehead atoms. The van der Waals surface area contributed by atoms with Gasteiger partial charge in [-0.1, -0.05) is 78.4 Å². The van der Waals surface area contributed by atoms with E-state index in [2.05, 4.69) is 156 Å². The summed E-state index contributed by atoms with van der Waals surface area (Å²) in [5, 5.41) is 5.14. The first-order valence-corrected chi connectivity index (χ1v) is 13.9. The highest BCUT2D eigenvalue weighted by Gasteiger charge is 2.15. The molecule has 0 saturated heterocycles. The van der Waals surface area contributed by atoms with E-state index in [-0.39, 0.29) is 0 Å². The Kier molecular flexibility index (Phi) is 4.99. The number of aryl methyl sites for hydroxylation is 2. The smallest absolute Gasteiger partial charge is 0.0541 e. The minimum atomic E-state index is 1.18. The van der Waals surface area contributed by atoms with Crippen molar-refractivity contribution in [3.8, 4) is 22.5 Å². The molecule has 2 heterocycles. The van der Waals surface area contributed by atoms with Gasteiger partial charge in [0.25, 0.3) is 0 Å². The molecule has 6 aromatic carbocycles. The molecule has 8 aromatic rings. The average Bonchev–Trinajstić information content (AvgIpc) is 3.49. The maximum atomic E-state index is 2.38. The molecule has 0 saturated carbocycles. The molecule has 0 unspecified atom stereocenters. The van der Waals surface area contributed by atoms with Crippen molar-refractivity contribution in [1.29, 1.82) is 0 Å².